The molecule has 1 aromatic rings. The molecule has 1 aromatic heterocycles. The molecule has 1 aliphatic rings. The fraction of sp³-hybridized carbons (Fsp3) is 0.538. The molecule has 1 saturated heterocycles. The van der Waals surface area contributed by atoms with E-state index in [-0.39, 0.29) is 12.0 Å². The molecule has 4 nitrogen and oxygen atoms in total. The highest BCUT2D eigenvalue weighted by Crippen LogP contribution is 2.13. The number of halogens is 1. The van der Waals surface area contributed by atoms with Gasteiger partial charge in [-0.1, -0.05) is 18.5 Å². The molecule has 1 atom stereocenters. The lowest BCUT2D eigenvalue weighted by Gasteiger charge is -2.11. The third-order valence-corrected chi connectivity index (χ3v) is 3.18. The maximum Gasteiger partial charge on any atom is 0.251 e. The lowest BCUT2D eigenvalue weighted by Crippen LogP contribution is -2.31. The molecular weight excluding hydrogens is 252 g/mol. The van der Waals surface area contributed by atoms with Gasteiger partial charge in [0.2, 0.25) is 0 Å². The molecule has 0 spiro atoms. The number of rotatable bonds is 4. The number of nitrogens with one attached hydrogen (secondary N) is 1. The summed E-state index contributed by atoms with van der Waals surface area (Å²) in [5, 5.41) is 3.23. The van der Waals surface area contributed by atoms with Gasteiger partial charge in [-0.15, -0.1) is 0 Å². The molecule has 1 N–H and O–H groups in total. The Balaban J connectivity index is 1.97. The Kier molecular flexibility index (Phi) is 4.55. The van der Waals surface area contributed by atoms with E-state index in [4.69, 9.17) is 16.3 Å². The van der Waals surface area contributed by atoms with E-state index in [0.29, 0.717) is 17.3 Å². The van der Waals surface area contributed by atoms with Gasteiger partial charge >= 0.3 is 0 Å². The summed E-state index contributed by atoms with van der Waals surface area (Å²) >= 11 is 5.88. The fourth-order valence-corrected chi connectivity index (χ4v) is 2.20. The number of pyridine rings is 1. The van der Waals surface area contributed by atoms with Crippen molar-refractivity contribution in [2.75, 3.05) is 13.2 Å². The van der Waals surface area contributed by atoms with Gasteiger partial charge in [-0.2, -0.15) is 0 Å². The van der Waals surface area contributed by atoms with Crippen LogP contribution in [0, 0.1) is 0 Å². The average molecular weight is 269 g/mol. The first-order valence-corrected chi connectivity index (χ1v) is 6.63. The molecule has 1 aliphatic heterocycles. The third kappa shape index (κ3) is 3.43. The normalized spacial score (nSPS) is 18.9. The van der Waals surface area contributed by atoms with Crippen LogP contribution in [-0.2, 0) is 11.2 Å². The molecule has 2 heterocycles. The van der Waals surface area contributed by atoms with E-state index in [1.165, 1.54) is 0 Å². The molecule has 1 unspecified atom stereocenters. The lowest BCUT2D eigenvalue weighted by atomic mass is 10.2. The molecule has 98 valence electrons. The highest BCUT2D eigenvalue weighted by molar-refractivity contribution is 6.29. The van der Waals surface area contributed by atoms with Crippen molar-refractivity contribution in [3.05, 3.63) is 28.5 Å². The summed E-state index contributed by atoms with van der Waals surface area (Å²) in [6, 6.07) is 3.36. The van der Waals surface area contributed by atoms with Crippen molar-refractivity contribution in [3.8, 4) is 0 Å². The lowest BCUT2D eigenvalue weighted by molar-refractivity contribution is 0.0857. The second kappa shape index (κ2) is 6.16. The van der Waals surface area contributed by atoms with Crippen molar-refractivity contribution in [1.29, 1.82) is 0 Å². The molecule has 1 fully saturated rings. The number of carbonyl (C=O) groups excluding carboxylic acids is 1. The molecule has 0 aliphatic carbocycles. The summed E-state index contributed by atoms with van der Waals surface area (Å²) in [5.74, 6) is -0.121. The van der Waals surface area contributed by atoms with Gasteiger partial charge < -0.3 is 10.1 Å². The maximum atomic E-state index is 12.0. The Morgan fingerprint density at radius 2 is 2.44 bits per heavy atom. The summed E-state index contributed by atoms with van der Waals surface area (Å²) < 4.78 is 5.45. The zero-order valence-corrected chi connectivity index (χ0v) is 11.2. The van der Waals surface area contributed by atoms with Crippen LogP contribution >= 0.6 is 11.6 Å². The minimum absolute atomic E-state index is 0.121. The first-order valence-electron chi connectivity index (χ1n) is 6.25. The quantitative estimate of drug-likeness (QED) is 0.852. The van der Waals surface area contributed by atoms with Crippen LogP contribution in [0.15, 0.2) is 12.1 Å². The Morgan fingerprint density at radius 1 is 1.61 bits per heavy atom. The number of amides is 1. The van der Waals surface area contributed by atoms with E-state index >= 15 is 0 Å². The highest BCUT2D eigenvalue weighted by Gasteiger charge is 2.17. The van der Waals surface area contributed by atoms with Crippen LogP contribution in [-0.4, -0.2) is 30.1 Å². The van der Waals surface area contributed by atoms with Crippen molar-refractivity contribution >= 4 is 17.5 Å². The SMILES string of the molecule is CCc1cc(C(=O)NCC2CCCO2)cc(Cl)n1. The zero-order valence-electron chi connectivity index (χ0n) is 10.4. The summed E-state index contributed by atoms with van der Waals surface area (Å²) in [6.07, 6.45) is 2.99. The maximum absolute atomic E-state index is 12.0. The second-order valence-electron chi connectivity index (χ2n) is 4.37. The molecule has 0 bridgehead atoms. The third-order valence-electron chi connectivity index (χ3n) is 2.99. The van der Waals surface area contributed by atoms with E-state index in [1.807, 2.05) is 6.92 Å². The van der Waals surface area contributed by atoms with Crippen LogP contribution in [0.5, 0.6) is 0 Å². The minimum Gasteiger partial charge on any atom is -0.376 e. The van der Waals surface area contributed by atoms with E-state index in [1.54, 1.807) is 12.1 Å². The van der Waals surface area contributed by atoms with Gasteiger partial charge in [0, 0.05) is 24.4 Å². The first-order chi connectivity index (χ1) is 8.69. The molecule has 5 heteroatoms. The van der Waals surface area contributed by atoms with Crippen molar-refractivity contribution < 1.29 is 9.53 Å². The Bertz CT molecular complexity index is 431. The largest absolute Gasteiger partial charge is 0.376 e. The summed E-state index contributed by atoms with van der Waals surface area (Å²) in [4.78, 5) is 16.1. The Hall–Kier alpha value is -1.13. The van der Waals surface area contributed by atoms with E-state index in [2.05, 4.69) is 10.3 Å². The standard InChI is InChI=1S/C13H17ClN2O2/c1-2-10-6-9(7-12(14)16-10)13(17)15-8-11-4-3-5-18-11/h6-7,11H,2-5,8H2,1H3,(H,15,17). The number of aromatic nitrogens is 1. The zero-order chi connectivity index (χ0) is 13.0. The number of hydrogen-bond donors (Lipinski definition) is 1. The molecule has 2 rings (SSSR count). The van der Waals surface area contributed by atoms with Crippen molar-refractivity contribution in [2.24, 2.45) is 0 Å². The number of carbonyl (C=O) groups is 1. The van der Waals surface area contributed by atoms with Gasteiger partial charge in [0.05, 0.1) is 6.10 Å². The number of aryl methyl sites for hydroxylation is 1. The van der Waals surface area contributed by atoms with Crippen molar-refractivity contribution in [3.63, 3.8) is 0 Å². The molecule has 18 heavy (non-hydrogen) atoms. The molecule has 1 amide bonds. The van der Waals surface area contributed by atoms with Crippen LogP contribution in [0.2, 0.25) is 5.15 Å². The Morgan fingerprint density at radius 3 is 3.11 bits per heavy atom. The second-order valence-corrected chi connectivity index (χ2v) is 4.76. The summed E-state index contributed by atoms with van der Waals surface area (Å²) in [5.41, 5.74) is 1.38. The number of nitrogens with zero attached hydrogens (tertiary/aromatic N) is 1. The van der Waals surface area contributed by atoms with E-state index in [0.717, 1.165) is 31.6 Å². The smallest absolute Gasteiger partial charge is 0.251 e. The van der Waals surface area contributed by atoms with Gasteiger partial charge in [-0.3, -0.25) is 4.79 Å². The predicted molar refractivity (Wildman–Crippen MR) is 69.9 cm³/mol. The molecule has 0 radical (unpaired) electrons. The monoisotopic (exact) mass is 268 g/mol. The van der Waals surface area contributed by atoms with Gasteiger partial charge in [0.25, 0.3) is 5.91 Å². The Labute approximate surface area is 112 Å². The highest BCUT2D eigenvalue weighted by atomic mass is 35.5. The van der Waals surface area contributed by atoms with Crippen LogP contribution < -0.4 is 5.32 Å². The van der Waals surface area contributed by atoms with E-state index in [9.17, 15) is 4.79 Å². The minimum atomic E-state index is -0.121. The summed E-state index contributed by atoms with van der Waals surface area (Å²) in [7, 11) is 0. The molecule has 0 aromatic carbocycles. The van der Waals surface area contributed by atoms with Crippen molar-refractivity contribution in [1.82, 2.24) is 10.3 Å². The summed E-state index contributed by atoms with van der Waals surface area (Å²) in [6.45, 7) is 3.33. The van der Waals surface area contributed by atoms with Crippen LogP contribution in [0.4, 0.5) is 0 Å². The van der Waals surface area contributed by atoms with Gasteiger partial charge in [0.1, 0.15) is 5.15 Å². The van der Waals surface area contributed by atoms with E-state index < -0.39 is 0 Å². The van der Waals surface area contributed by atoms with Crippen molar-refractivity contribution in [2.45, 2.75) is 32.3 Å². The van der Waals surface area contributed by atoms with Crippen LogP contribution in [0.1, 0.15) is 35.8 Å². The molecule has 0 saturated carbocycles. The number of ether oxygens (including phenoxy) is 1. The topological polar surface area (TPSA) is 51.2 Å². The van der Waals surface area contributed by atoms with Gasteiger partial charge in [-0.05, 0) is 31.4 Å². The van der Waals surface area contributed by atoms with Gasteiger partial charge in [0.15, 0.2) is 0 Å². The van der Waals surface area contributed by atoms with Gasteiger partial charge in [-0.25, -0.2) is 4.98 Å². The molecular formula is C13H17ClN2O2. The van der Waals surface area contributed by atoms with Crippen LogP contribution in [0.3, 0.4) is 0 Å². The fourth-order valence-electron chi connectivity index (χ4n) is 1.98. The first kappa shape index (κ1) is 13.3. The number of hydrogen-bond acceptors (Lipinski definition) is 3. The predicted octanol–water partition coefficient (Wildman–Crippen LogP) is 2.21. The van der Waals surface area contributed by atoms with Crippen LogP contribution in [0.25, 0.3) is 0 Å². The average Bonchev–Trinajstić information content (AvgIpc) is 2.88.